The van der Waals surface area contributed by atoms with Gasteiger partial charge in [-0.1, -0.05) is 11.8 Å². The first-order valence-corrected chi connectivity index (χ1v) is 6.48. The fourth-order valence-electron chi connectivity index (χ4n) is 1.56. The Kier molecular flexibility index (Phi) is 4.03. The molecule has 1 N–H and O–H groups in total. The van der Waals surface area contributed by atoms with Crippen LogP contribution in [0, 0.1) is 0 Å². The van der Waals surface area contributed by atoms with Gasteiger partial charge >= 0.3 is 5.97 Å². The Balaban J connectivity index is 1.93. The summed E-state index contributed by atoms with van der Waals surface area (Å²) in [4.78, 5) is 14.7. The molecule has 0 radical (unpaired) electrons. The van der Waals surface area contributed by atoms with Gasteiger partial charge in [0.25, 0.3) is 0 Å². The topological polar surface area (TPSA) is 72.9 Å². The smallest absolute Gasteiger partial charge is 0.313 e. The molecule has 6 nitrogen and oxygen atoms in total. The molecule has 0 fully saturated rings. The second kappa shape index (κ2) is 5.72. The highest BCUT2D eigenvalue weighted by molar-refractivity contribution is 7.99. The molecule has 0 amide bonds. The van der Waals surface area contributed by atoms with Crippen LogP contribution in [0.25, 0.3) is 0 Å². The molecule has 18 heavy (non-hydrogen) atoms. The summed E-state index contributed by atoms with van der Waals surface area (Å²) in [6.07, 6.45) is 6.25. The summed E-state index contributed by atoms with van der Waals surface area (Å²) in [5.74, 6) is -0.806. The van der Waals surface area contributed by atoms with Gasteiger partial charge < -0.3 is 9.67 Å². The first-order valence-electron chi connectivity index (χ1n) is 5.49. The molecule has 0 aliphatic heterocycles. The van der Waals surface area contributed by atoms with E-state index < -0.39 is 5.97 Å². The number of hydrogen-bond acceptors (Lipinski definition) is 4. The number of imidazole rings is 1. The molecule has 2 aromatic rings. The summed E-state index contributed by atoms with van der Waals surface area (Å²) in [7, 11) is 1.88. The maximum absolute atomic E-state index is 10.5. The fourth-order valence-corrected chi connectivity index (χ4v) is 2.27. The molecule has 0 aliphatic carbocycles. The lowest BCUT2D eigenvalue weighted by Crippen LogP contribution is -2.05. The lowest BCUT2D eigenvalue weighted by molar-refractivity contribution is -0.133. The van der Waals surface area contributed by atoms with Gasteiger partial charge in [-0.3, -0.25) is 9.48 Å². The van der Waals surface area contributed by atoms with E-state index in [1.165, 1.54) is 11.8 Å². The van der Waals surface area contributed by atoms with Crippen molar-refractivity contribution in [3.63, 3.8) is 0 Å². The van der Waals surface area contributed by atoms with Crippen LogP contribution in [0.5, 0.6) is 0 Å². The lowest BCUT2D eigenvalue weighted by Gasteiger charge is -2.05. The first kappa shape index (κ1) is 12.7. The number of carboxylic acids is 1. The third-order valence-electron chi connectivity index (χ3n) is 2.38. The molecule has 2 heterocycles. The van der Waals surface area contributed by atoms with E-state index in [4.69, 9.17) is 5.11 Å². The quantitative estimate of drug-likeness (QED) is 0.791. The largest absolute Gasteiger partial charge is 0.481 e. The summed E-state index contributed by atoms with van der Waals surface area (Å²) < 4.78 is 3.71. The molecular formula is C11H14N4O2S. The van der Waals surface area contributed by atoms with E-state index in [2.05, 4.69) is 10.1 Å². The van der Waals surface area contributed by atoms with Crippen LogP contribution in [0.1, 0.15) is 5.69 Å². The average molecular weight is 266 g/mol. The normalized spacial score (nSPS) is 10.7. The predicted octanol–water partition coefficient (Wildman–Crippen LogP) is 1.04. The third kappa shape index (κ3) is 3.36. The highest BCUT2D eigenvalue weighted by Gasteiger charge is 2.07. The second-order valence-corrected chi connectivity index (χ2v) is 4.76. The Morgan fingerprint density at radius 2 is 2.33 bits per heavy atom. The Morgan fingerprint density at radius 1 is 1.50 bits per heavy atom. The number of carbonyl (C=O) groups is 1. The van der Waals surface area contributed by atoms with E-state index in [1.54, 1.807) is 10.9 Å². The minimum Gasteiger partial charge on any atom is -0.481 e. The van der Waals surface area contributed by atoms with Crippen molar-refractivity contribution in [1.82, 2.24) is 19.3 Å². The van der Waals surface area contributed by atoms with Crippen LogP contribution >= 0.6 is 11.8 Å². The molecule has 0 aliphatic rings. The van der Waals surface area contributed by atoms with Gasteiger partial charge in [-0.25, -0.2) is 4.98 Å². The summed E-state index contributed by atoms with van der Waals surface area (Å²) in [5, 5.41) is 13.7. The number of aromatic nitrogens is 4. The molecule has 0 spiro atoms. The first-order chi connectivity index (χ1) is 8.65. The average Bonchev–Trinajstić information content (AvgIpc) is 2.92. The van der Waals surface area contributed by atoms with Crippen molar-refractivity contribution in [2.45, 2.75) is 18.1 Å². The number of aliphatic carboxylic acids is 1. The summed E-state index contributed by atoms with van der Waals surface area (Å²) in [6, 6.07) is 1.97. The SMILES string of the molecule is Cn1ccc(CCn2ccnc2SCC(=O)O)n1. The molecule has 0 saturated heterocycles. The van der Waals surface area contributed by atoms with E-state index in [-0.39, 0.29) is 5.75 Å². The molecule has 0 bridgehead atoms. The van der Waals surface area contributed by atoms with Gasteiger partial charge in [-0.05, 0) is 6.07 Å². The van der Waals surface area contributed by atoms with Crippen molar-refractivity contribution < 1.29 is 9.90 Å². The standard InChI is InChI=1S/C11H14N4O2S/c1-14-5-2-9(13-14)3-6-15-7-4-12-11(15)18-8-10(16)17/h2,4-5,7H,3,6,8H2,1H3,(H,16,17). The van der Waals surface area contributed by atoms with Crippen LogP contribution in [0.4, 0.5) is 0 Å². The van der Waals surface area contributed by atoms with Crippen LogP contribution in [-0.4, -0.2) is 36.2 Å². The maximum Gasteiger partial charge on any atom is 0.313 e. The zero-order valence-corrected chi connectivity index (χ0v) is 10.8. The molecule has 0 aromatic carbocycles. The van der Waals surface area contributed by atoms with Crippen LogP contribution in [0.3, 0.4) is 0 Å². The zero-order chi connectivity index (χ0) is 13.0. The highest BCUT2D eigenvalue weighted by Crippen LogP contribution is 2.15. The number of thioether (sulfide) groups is 1. The minimum absolute atomic E-state index is 0.0284. The van der Waals surface area contributed by atoms with Crippen LogP contribution in [-0.2, 0) is 24.8 Å². The molecule has 2 rings (SSSR count). The van der Waals surface area contributed by atoms with E-state index in [9.17, 15) is 4.79 Å². The molecule has 0 saturated carbocycles. The monoisotopic (exact) mass is 266 g/mol. The molecule has 0 atom stereocenters. The van der Waals surface area contributed by atoms with Gasteiger partial charge in [-0.15, -0.1) is 0 Å². The molecule has 2 aromatic heterocycles. The minimum atomic E-state index is -0.834. The zero-order valence-electron chi connectivity index (χ0n) is 9.98. The van der Waals surface area contributed by atoms with Crippen LogP contribution in [0.2, 0.25) is 0 Å². The fraction of sp³-hybridized carbons (Fsp3) is 0.364. The highest BCUT2D eigenvalue weighted by atomic mass is 32.2. The van der Waals surface area contributed by atoms with Crippen LogP contribution in [0.15, 0.2) is 29.8 Å². The Morgan fingerprint density at radius 3 is 3.00 bits per heavy atom. The van der Waals surface area contributed by atoms with Crippen LogP contribution < -0.4 is 0 Å². The third-order valence-corrected chi connectivity index (χ3v) is 3.37. The lowest BCUT2D eigenvalue weighted by atomic mass is 10.3. The number of nitrogens with zero attached hydrogens (tertiary/aromatic N) is 4. The van der Waals surface area contributed by atoms with E-state index in [1.807, 2.05) is 30.1 Å². The van der Waals surface area contributed by atoms with E-state index >= 15 is 0 Å². The molecule has 0 unspecified atom stereocenters. The Hall–Kier alpha value is -1.76. The van der Waals surface area contributed by atoms with Gasteiger partial charge in [0.2, 0.25) is 0 Å². The van der Waals surface area contributed by atoms with Crippen molar-refractivity contribution in [2.75, 3.05) is 5.75 Å². The predicted molar refractivity (Wildman–Crippen MR) is 67.5 cm³/mol. The Bertz CT molecular complexity index is 535. The van der Waals surface area contributed by atoms with Crippen molar-refractivity contribution in [3.8, 4) is 0 Å². The van der Waals surface area contributed by atoms with Crippen molar-refractivity contribution >= 4 is 17.7 Å². The van der Waals surface area contributed by atoms with Crippen molar-refractivity contribution in [2.24, 2.45) is 7.05 Å². The van der Waals surface area contributed by atoms with Gasteiger partial charge in [0.05, 0.1) is 11.4 Å². The Labute approximate surface area is 109 Å². The van der Waals surface area contributed by atoms with Gasteiger partial charge in [0, 0.05) is 38.6 Å². The van der Waals surface area contributed by atoms with Gasteiger partial charge in [0.1, 0.15) is 0 Å². The van der Waals surface area contributed by atoms with Gasteiger partial charge in [-0.2, -0.15) is 5.10 Å². The number of carboxylic acid groups (broad SMARTS) is 1. The number of aryl methyl sites for hydroxylation is 3. The molecule has 96 valence electrons. The van der Waals surface area contributed by atoms with Crippen molar-refractivity contribution in [3.05, 3.63) is 30.4 Å². The van der Waals surface area contributed by atoms with Gasteiger partial charge in [0.15, 0.2) is 5.16 Å². The summed E-state index contributed by atoms with van der Waals surface area (Å²) in [6.45, 7) is 0.749. The molecular weight excluding hydrogens is 252 g/mol. The summed E-state index contributed by atoms with van der Waals surface area (Å²) in [5.41, 5.74) is 1.01. The maximum atomic E-state index is 10.5. The van der Waals surface area contributed by atoms with E-state index in [0.717, 1.165) is 23.8 Å². The summed E-state index contributed by atoms with van der Waals surface area (Å²) >= 11 is 1.23. The second-order valence-electron chi connectivity index (χ2n) is 3.82. The number of hydrogen-bond donors (Lipinski definition) is 1. The van der Waals surface area contributed by atoms with E-state index in [0.29, 0.717) is 0 Å². The molecule has 7 heteroatoms. The number of rotatable bonds is 6. The van der Waals surface area contributed by atoms with Crippen molar-refractivity contribution in [1.29, 1.82) is 0 Å².